The second-order valence-corrected chi connectivity index (χ2v) is 14.7. The molecular weight excluding hydrogens is 685 g/mol. The summed E-state index contributed by atoms with van der Waals surface area (Å²) in [7, 11) is -5.45. The molecule has 3 N–H and O–H groups in total. The van der Waals surface area contributed by atoms with Gasteiger partial charge in [0.15, 0.2) is 0 Å². The van der Waals surface area contributed by atoms with Crippen LogP contribution in [0.5, 0.6) is 0 Å². The number of benzene rings is 1. The number of alkyl carbamates (subject to hydrolysis) is 1. The molecule has 3 fully saturated rings. The third-order valence-corrected chi connectivity index (χ3v) is 10.6. The van der Waals surface area contributed by atoms with Gasteiger partial charge in [-0.3, -0.25) is 24.0 Å². The Hall–Kier alpha value is -4.21. The quantitative estimate of drug-likeness (QED) is 0.382. The number of nitrogens with one attached hydrogen (secondary N) is 3. The zero-order valence-corrected chi connectivity index (χ0v) is 27.9. The SMILES string of the molecule is [2H]C([2H])([2H])C(OC(=O)N[C@H]1CCCCC/C=C/[C@@H]2C[C@]2(C(=O)NS(=O)(=O)C2([2H])C([2H])([2H])C2([2H])[2H])NC(=O)[C@@H]2C[C@@H](OC(=O)N3Cc4cccc(F)c4C3)CN2C1=O)(C([2H])([2H])[2H])C([2H])([2H])[2H]. The molecule has 3 heterocycles. The number of sulfonamides is 1. The molecule has 6 rings (SSSR count). The van der Waals surface area contributed by atoms with Crippen LogP contribution in [-0.2, 0) is 47.0 Å². The maximum atomic E-state index is 14.6. The zero-order valence-electron chi connectivity index (χ0n) is 41.1. The van der Waals surface area contributed by atoms with Crippen LogP contribution in [0, 0.1) is 11.7 Å². The number of rotatable bonds is 5. The molecule has 0 spiro atoms. The van der Waals surface area contributed by atoms with Crippen molar-refractivity contribution in [1.82, 2.24) is 25.2 Å². The van der Waals surface area contributed by atoms with Gasteiger partial charge >= 0.3 is 12.2 Å². The minimum Gasteiger partial charge on any atom is -0.444 e. The zero-order chi connectivity index (χ0) is 48.7. The lowest BCUT2D eigenvalue weighted by Gasteiger charge is -2.30. The lowest BCUT2D eigenvalue weighted by atomic mass is 10.0. The second-order valence-electron chi connectivity index (χ2n) is 13.1. The maximum absolute atomic E-state index is 14.6. The molecule has 1 aromatic carbocycles. The number of carbonyl (C=O) groups is 5. The summed E-state index contributed by atoms with van der Waals surface area (Å²) in [4.78, 5) is 71.9. The number of hydrogen-bond donors (Lipinski definition) is 3. The molecule has 0 unspecified atom stereocenters. The molecule has 5 atom stereocenters. The molecule has 5 aliphatic rings. The lowest BCUT2D eigenvalue weighted by Crippen LogP contribution is -2.58. The Balaban J connectivity index is 1.32. The first-order chi connectivity index (χ1) is 29.7. The van der Waals surface area contributed by atoms with Crippen molar-refractivity contribution in [3.05, 3.63) is 47.3 Å². The molecule has 14 nitrogen and oxygen atoms in total. The fourth-order valence-electron chi connectivity index (χ4n) is 6.63. The Morgan fingerprint density at radius 2 is 1.94 bits per heavy atom. The van der Waals surface area contributed by atoms with E-state index in [9.17, 15) is 36.8 Å². The monoisotopic (exact) mass is 745 g/mol. The molecule has 5 amide bonds. The Bertz CT molecular complexity index is 2230. The van der Waals surface area contributed by atoms with E-state index in [1.165, 1.54) is 18.2 Å². The van der Waals surface area contributed by atoms with Gasteiger partial charge in [-0.2, -0.15) is 0 Å². The topological polar surface area (TPSA) is 181 Å². The van der Waals surface area contributed by atoms with Crippen LogP contribution in [0.1, 0.15) is 109 Å². The number of ether oxygens (including phenoxy) is 2. The summed E-state index contributed by atoms with van der Waals surface area (Å²) >= 11 is 0. The fourth-order valence-corrected chi connectivity index (χ4v) is 7.48. The third kappa shape index (κ3) is 8.31. The van der Waals surface area contributed by atoms with Gasteiger partial charge in [0.1, 0.15) is 35.1 Å². The average Bonchev–Trinajstić information content (AvgIpc) is 3.62. The van der Waals surface area contributed by atoms with Gasteiger partial charge in [0.25, 0.3) is 5.91 Å². The molecule has 0 bridgehead atoms. The number of nitrogens with zero attached hydrogens (tertiary/aromatic N) is 2. The molecule has 0 radical (unpaired) electrons. The van der Waals surface area contributed by atoms with E-state index in [0.29, 0.717) is 24.8 Å². The van der Waals surface area contributed by atoms with Gasteiger partial charge in [-0.1, -0.05) is 37.1 Å². The number of halogens is 1. The molecule has 16 heteroatoms. The Morgan fingerprint density at radius 3 is 2.67 bits per heavy atom. The second kappa shape index (κ2) is 14.1. The third-order valence-electron chi connectivity index (χ3n) is 9.36. The molecule has 278 valence electrons. The summed E-state index contributed by atoms with van der Waals surface area (Å²) in [6, 6.07) is 0.729. The summed E-state index contributed by atoms with van der Waals surface area (Å²) in [6.45, 7) is -12.8. The molecule has 1 aromatic rings. The molecule has 0 aromatic heterocycles. The molecule has 51 heavy (non-hydrogen) atoms. The van der Waals surface area contributed by atoms with Crippen LogP contribution in [0.15, 0.2) is 30.4 Å². The van der Waals surface area contributed by atoms with E-state index in [0.717, 1.165) is 9.80 Å². The highest BCUT2D eigenvalue weighted by atomic mass is 32.2. The predicted octanol–water partition coefficient (Wildman–Crippen LogP) is 3.14. The number of amides is 5. The van der Waals surface area contributed by atoms with Crippen molar-refractivity contribution in [2.24, 2.45) is 5.92 Å². The van der Waals surface area contributed by atoms with Gasteiger partial charge in [0.2, 0.25) is 21.8 Å². The van der Waals surface area contributed by atoms with Crippen LogP contribution in [0.4, 0.5) is 14.0 Å². The van der Waals surface area contributed by atoms with Crippen LogP contribution in [0.2, 0.25) is 0 Å². The maximum Gasteiger partial charge on any atom is 0.410 e. The van der Waals surface area contributed by atoms with E-state index in [1.807, 2.05) is 0 Å². The first-order valence-corrected chi connectivity index (χ1v) is 17.8. The highest BCUT2D eigenvalue weighted by Gasteiger charge is 2.62. The van der Waals surface area contributed by atoms with Crippen LogP contribution < -0.4 is 15.4 Å². The average molecular weight is 746 g/mol. The van der Waals surface area contributed by atoms with Crippen LogP contribution in [0.25, 0.3) is 0 Å². The van der Waals surface area contributed by atoms with Crippen molar-refractivity contribution < 1.29 is 65.4 Å². The van der Waals surface area contributed by atoms with E-state index in [1.54, 1.807) is 16.9 Å². The highest BCUT2D eigenvalue weighted by molar-refractivity contribution is 7.91. The minimum absolute atomic E-state index is 0.0678. The largest absolute Gasteiger partial charge is 0.444 e. The van der Waals surface area contributed by atoms with E-state index >= 15 is 0 Å². The van der Waals surface area contributed by atoms with Gasteiger partial charge < -0.3 is 25.0 Å². The predicted molar refractivity (Wildman–Crippen MR) is 180 cm³/mol. The summed E-state index contributed by atoms with van der Waals surface area (Å²) in [5, 5.41) is 1.05. The number of hydrogen-bond acceptors (Lipinski definition) is 9. The molecule has 2 saturated carbocycles. The van der Waals surface area contributed by atoms with E-state index < -0.39 is 132 Å². The van der Waals surface area contributed by atoms with E-state index in [-0.39, 0.29) is 37.9 Å². The first kappa shape index (κ1) is 22.7. The summed E-state index contributed by atoms with van der Waals surface area (Å²) in [6.07, 6.45) is -7.52. The van der Waals surface area contributed by atoms with Crippen molar-refractivity contribution in [3.63, 3.8) is 0 Å². The smallest absolute Gasteiger partial charge is 0.410 e. The Morgan fingerprint density at radius 1 is 1.16 bits per heavy atom. The van der Waals surface area contributed by atoms with Crippen molar-refractivity contribution >= 4 is 39.9 Å². The Labute approximate surface area is 316 Å². The Kier molecular flexibility index (Phi) is 6.25. The molecule has 1 saturated heterocycles. The van der Waals surface area contributed by atoms with Crippen LogP contribution in [0.3, 0.4) is 0 Å². The molecule has 3 aliphatic heterocycles. The van der Waals surface area contributed by atoms with Crippen LogP contribution in [-0.4, -0.2) is 89.2 Å². The fraction of sp³-hybridized carbons (Fsp3) is 0.629. The summed E-state index contributed by atoms with van der Waals surface area (Å²) in [5.41, 5.74) is -5.51. The van der Waals surface area contributed by atoms with Gasteiger partial charge in [-0.15, -0.1) is 0 Å². The van der Waals surface area contributed by atoms with E-state index in [4.69, 9.17) is 28.7 Å². The number of carbonyl (C=O) groups excluding carboxylic acids is 5. The summed E-state index contributed by atoms with van der Waals surface area (Å²) in [5.74, 6) is -5.25. The van der Waals surface area contributed by atoms with Crippen molar-refractivity contribution in [2.75, 3.05) is 6.54 Å². The van der Waals surface area contributed by atoms with Crippen molar-refractivity contribution in [2.45, 2.75) is 126 Å². The lowest BCUT2D eigenvalue weighted by molar-refractivity contribution is -0.141. The van der Waals surface area contributed by atoms with E-state index in [2.05, 4.69) is 10.6 Å². The summed E-state index contributed by atoms with van der Waals surface area (Å²) < 4.78 is 163. The number of allylic oxidation sites excluding steroid dienone is 1. The van der Waals surface area contributed by atoms with Crippen LogP contribution >= 0.6 is 0 Å². The minimum atomic E-state index is -5.45. The van der Waals surface area contributed by atoms with Gasteiger partial charge in [-0.05, 0) is 70.6 Å². The van der Waals surface area contributed by atoms with Gasteiger partial charge in [0.05, 0.1) is 18.3 Å². The normalized spacial score (nSPS) is 36.3. The number of fused-ring (bicyclic) bond motifs is 3. The van der Waals surface area contributed by atoms with Crippen molar-refractivity contribution in [3.8, 4) is 0 Å². The van der Waals surface area contributed by atoms with Gasteiger partial charge in [-0.25, -0.2) is 22.4 Å². The molecular formula is C35H46FN5O9S. The highest BCUT2D eigenvalue weighted by Crippen LogP contribution is 2.46. The first-order valence-electron chi connectivity index (χ1n) is 23.3. The van der Waals surface area contributed by atoms with Gasteiger partial charge in [0, 0.05) is 43.6 Å². The standard InChI is InChI=1S/C35H46FN5O9S/c1-34(2,3)50-32(45)37-27-13-8-6-4-5-7-11-22-17-35(22,31(44)39-51(47,48)24-14-15-24)38-29(42)28-16-23(19-41(28)30(27)43)49-33(46)40-18-21-10-9-12-26(36)25(21)20-40/h7,9-12,22-24,27-28H,4-6,8,13-20H2,1-3H3,(H,37,45)(H,38,42)(H,39,44)/b11-7+/t22-,23-,27+,28+,35+/m1/s1/i1D3,2D3,3D3,14D2,15D2,24D. The molecule has 2 aliphatic carbocycles. The van der Waals surface area contributed by atoms with Crippen molar-refractivity contribution in [1.29, 1.82) is 0 Å².